The number of aromatic nitrogens is 2. The Bertz CT molecular complexity index is 702. The lowest BCUT2D eigenvalue weighted by atomic mass is 10.3. The number of nitrogen functional groups attached to an aromatic ring is 1. The zero-order valence-corrected chi connectivity index (χ0v) is 11.2. The van der Waals surface area contributed by atoms with Crippen molar-refractivity contribution in [3.8, 4) is 17.2 Å². The van der Waals surface area contributed by atoms with Gasteiger partial charge in [-0.3, -0.25) is 4.57 Å². The Labute approximate surface area is 117 Å². The fourth-order valence-electron chi connectivity index (χ4n) is 2.02. The van der Waals surface area contributed by atoms with Crippen molar-refractivity contribution >= 4 is 5.95 Å². The maximum absolute atomic E-state index is 5.86. The second-order valence-electron chi connectivity index (χ2n) is 4.52. The predicted octanol–water partition coefficient (Wildman–Crippen LogP) is 3.56. The van der Waals surface area contributed by atoms with Crippen LogP contribution in [0.3, 0.4) is 0 Å². The number of anilines is 1. The van der Waals surface area contributed by atoms with Gasteiger partial charge in [-0.25, -0.2) is 4.98 Å². The highest BCUT2D eigenvalue weighted by molar-refractivity contribution is 5.44. The average Bonchev–Trinajstić information content (AvgIpc) is 2.80. The van der Waals surface area contributed by atoms with E-state index in [0.717, 1.165) is 22.9 Å². The van der Waals surface area contributed by atoms with Gasteiger partial charge in [0.25, 0.3) is 0 Å². The molecule has 0 saturated carbocycles. The van der Waals surface area contributed by atoms with Gasteiger partial charge in [-0.05, 0) is 43.3 Å². The highest BCUT2D eigenvalue weighted by atomic mass is 16.5. The quantitative estimate of drug-likeness (QED) is 0.787. The van der Waals surface area contributed by atoms with E-state index in [1.807, 2.05) is 72.3 Å². The van der Waals surface area contributed by atoms with Gasteiger partial charge >= 0.3 is 0 Å². The molecule has 3 rings (SSSR count). The van der Waals surface area contributed by atoms with E-state index < -0.39 is 0 Å². The third-order valence-corrected chi connectivity index (χ3v) is 2.95. The van der Waals surface area contributed by atoms with Crippen LogP contribution in [0.2, 0.25) is 0 Å². The van der Waals surface area contributed by atoms with E-state index >= 15 is 0 Å². The van der Waals surface area contributed by atoms with Crippen LogP contribution in [0.4, 0.5) is 5.95 Å². The van der Waals surface area contributed by atoms with Gasteiger partial charge in [0.2, 0.25) is 5.95 Å². The minimum absolute atomic E-state index is 0.485. The molecule has 2 N–H and O–H groups in total. The number of nitrogens with two attached hydrogens (primary N) is 1. The van der Waals surface area contributed by atoms with Gasteiger partial charge in [0, 0.05) is 11.9 Å². The number of benzene rings is 2. The summed E-state index contributed by atoms with van der Waals surface area (Å²) in [5, 5.41) is 0. The summed E-state index contributed by atoms with van der Waals surface area (Å²) in [5.41, 5.74) is 7.71. The maximum Gasteiger partial charge on any atom is 0.205 e. The molecule has 4 heteroatoms. The molecule has 0 unspecified atom stereocenters. The molecule has 0 saturated heterocycles. The van der Waals surface area contributed by atoms with Crippen molar-refractivity contribution < 1.29 is 4.74 Å². The lowest BCUT2D eigenvalue weighted by Crippen LogP contribution is -1.99. The summed E-state index contributed by atoms with van der Waals surface area (Å²) < 4.78 is 7.60. The lowest BCUT2D eigenvalue weighted by Gasteiger charge is -2.08. The van der Waals surface area contributed by atoms with E-state index in [1.165, 1.54) is 0 Å². The summed E-state index contributed by atoms with van der Waals surface area (Å²) >= 11 is 0. The normalized spacial score (nSPS) is 10.4. The minimum atomic E-state index is 0.485. The highest BCUT2D eigenvalue weighted by Crippen LogP contribution is 2.23. The molecule has 0 spiro atoms. The number of para-hydroxylation sites is 1. The molecular formula is C16H15N3O. The number of imidazole rings is 1. The monoisotopic (exact) mass is 265 g/mol. The van der Waals surface area contributed by atoms with Crippen LogP contribution in [0.15, 0.2) is 60.8 Å². The Morgan fingerprint density at radius 1 is 0.950 bits per heavy atom. The number of nitrogens with zero attached hydrogens (tertiary/aromatic N) is 2. The third-order valence-electron chi connectivity index (χ3n) is 2.95. The lowest BCUT2D eigenvalue weighted by molar-refractivity contribution is 0.482. The number of ether oxygens (including phenoxy) is 1. The molecule has 2 aromatic carbocycles. The van der Waals surface area contributed by atoms with Gasteiger partial charge in [-0.2, -0.15) is 0 Å². The average molecular weight is 265 g/mol. The molecule has 0 aliphatic rings. The van der Waals surface area contributed by atoms with Gasteiger partial charge in [0.05, 0.1) is 5.69 Å². The molecular weight excluding hydrogens is 250 g/mol. The maximum atomic E-state index is 5.86. The third kappa shape index (κ3) is 2.49. The summed E-state index contributed by atoms with van der Waals surface area (Å²) in [4.78, 5) is 4.19. The largest absolute Gasteiger partial charge is 0.457 e. The number of hydrogen-bond acceptors (Lipinski definition) is 3. The van der Waals surface area contributed by atoms with Crippen molar-refractivity contribution in [2.75, 3.05) is 5.73 Å². The molecule has 100 valence electrons. The Balaban J connectivity index is 1.83. The standard InChI is InChI=1S/C16H15N3O/c1-12-11-19(16(17)18-12)13-7-9-15(10-8-13)20-14-5-3-2-4-6-14/h2-11H,1H3,(H2,17,18). The van der Waals surface area contributed by atoms with Crippen LogP contribution in [0.25, 0.3) is 5.69 Å². The van der Waals surface area contributed by atoms with Gasteiger partial charge < -0.3 is 10.5 Å². The van der Waals surface area contributed by atoms with E-state index in [4.69, 9.17) is 10.5 Å². The molecule has 0 aliphatic heterocycles. The second-order valence-corrected chi connectivity index (χ2v) is 4.52. The van der Waals surface area contributed by atoms with Crippen molar-refractivity contribution in [2.24, 2.45) is 0 Å². The molecule has 1 heterocycles. The summed E-state index contributed by atoms with van der Waals surface area (Å²) in [6.45, 7) is 1.92. The number of rotatable bonds is 3. The second kappa shape index (κ2) is 5.09. The van der Waals surface area contributed by atoms with Crippen molar-refractivity contribution in [2.45, 2.75) is 6.92 Å². The molecule has 0 atom stereocenters. The topological polar surface area (TPSA) is 53.1 Å². The SMILES string of the molecule is Cc1cn(-c2ccc(Oc3ccccc3)cc2)c(N)n1. The van der Waals surface area contributed by atoms with Crippen LogP contribution >= 0.6 is 0 Å². The fourth-order valence-corrected chi connectivity index (χ4v) is 2.02. The summed E-state index contributed by atoms with van der Waals surface area (Å²) in [6, 6.07) is 17.4. The van der Waals surface area contributed by atoms with E-state index in [9.17, 15) is 0 Å². The van der Waals surface area contributed by atoms with Crippen molar-refractivity contribution in [3.63, 3.8) is 0 Å². The Morgan fingerprint density at radius 2 is 1.60 bits per heavy atom. The van der Waals surface area contributed by atoms with E-state index in [1.54, 1.807) is 0 Å². The number of aryl methyl sites for hydroxylation is 1. The first kappa shape index (κ1) is 12.3. The molecule has 1 aromatic heterocycles. The first-order valence-corrected chi connectivity index (χ1v) is 6.37. The van der Waals surface area contributed by atoms with Crippen LogP contribution in [-0.2, 0) is 0 Å². The molecule has 0 bridgehead atoms. The summed E-state index contributed by atoms with van der Waals surface area (Å²) in [7, 11) is 0. The molecule has 0 aliphatic carbocycles. The van der Waals surface area contributed by atoms with Crippen molar-refractivity contribution in [1.29, 1.82) is 0 Å². The smallest absolute Gasteiger partial charge is 0.205 e. The molecule has 0 fully saturated rings. The molecule has 20 heavy (non-hydrogen) atoms. The van der Waals surface area contributed by atoms with Gasteiger partial charge in [0.15, 0.2) is 0 Å². The van der Waals surface area contributed by atoms with Crippen LogP contribution in [-0.4, -0.2) is 9.55 Å². The van der Waals surface area contributed by atoms with Crippen LogP contribution < -0.4 is 10.5 Å². The summed E-state index contributed by atoms with van der Waals surface area (Å²) in [6.07, 6.45) is 1.91. The van der Waals surface area contributed by atoms with E-state index in [-0.39, 0.29) is 0 Å². The van der Waals surface area contributed by atoms with E-state index in [0.29, 0.717) is 5.95 Å². The fraction of sp³-hybridized carbons (Fsp3) is 0.0625. The highest BCUT2D eigenvalue weighted by Gasteiger charge is 2.04. The molecule has 3 aromatic rings. The molecule has 0 radical (unpaired) electrons. The Morgan fingerprint density at radius 3 is 2.20 bits per heavy atom. The zero-order chi connectivity index (χ0) is 13.9. The van der Waals surface area contributed by atoms with Gasteiger partial charge in [-0.15, -0.1) is 0 Å². The Hall–Kier alpha value is -2.75. The first-order valence-electron chi connectivity index (χ1n) is 6.37. The number of hydrogen-bond donors (Lipinski definition) is 1. The molecule has 0 amide bonds. The van der Waals surface area contributed by atoms with Crippen molar-refractivity contribution in [1.82, 2.24) is 9.55 Å². The van der Waals surface area contributed by atoms with Gasteiger partial charge in [0.1, 0.15) is 11.5 Å². The van der Waals surface area contributed by atoms with E-state index in [2.05, 4.69) is 4.98 Å². The molecule has 4 nitrogen and oxygen atoms in total. The summed E-state index contributed by atoms with van der Waals surface area (Å²) in [5.74, 6) is 2.09. The van der Waals surface area contributed by atoms with Gasteiger partial charge in [-0.1, -0.05) is 18.2 Å². The predicted molar refractivity (Wildman–Crippen MR) is 79.2 cm³/mol. The Kier molecular flexibility index (Phi) is 3.13. The van der Waals surface area contributed by atoms with Crippen molar-refractivity contribution in [3.05, 3.63) is 66.5 Å². The van der Waals surface area contributed by atoms with Crippen LogP contribution in [0.5, 0.6) is 11.5 Å². The zero-order valence-electron chi connectivity index (χ0n) is 11.2. The van der Waals surface area contributed by atoms with Crippen LogP contribution in [0.1, 0.15) is 5.69 Å². The first-order chi connectivity index (χ1) is 9.72. The van der Waals surface area contributed by atoms with Crippen LogP contribution in [0, 0.1) is 6.92 Å². The minimum Gasteiger partial charge on any atom is -0.457 e.